The Morgan fingerprint density at radius 2 is 1.56 bits per heavy atom. The van der Waals surface area contributed by atoms with Gasteiger partial charge in [-0.1, -0.05) is 30.3 Å². The molecule has 15 heteroatoms. The van der Waals surface area contributed by atoms with E-state index in [2.05, 4.69) is 4.79 Å². The molecule has 11 atom stereocenters. The normalized spacial score (nSPS) is 35.0. The minimum Gasteiger partial charge on any atom is -0.455 e. The van der Waals surface area contributed by atoms with Crippen LogP contribution in [0.4, 0.5) is 0 Å². The van der Waals surface area contributed by atoms with Crippen LogP contribution < -0.4 is 0 Å². The zero-order chi connectivity index (χ0) is 32.7. The lowest BCUT2D eigenvalue weighted by Crippen LogP contribution is -2.65. The van der Waals surface area contributed by atoms with Gasteiger partial charge in [0, 0.05) is 34.0 Å². The van der Waals surface area contributed by atoms with Gasteiger partial charge in [0.2, 0.25) is 0 Å². The number of carbonyl (C=O) groups is 2. The Bertz CT molecular complexity index is 1170. The highest BCUT2D eigenvalue weighted by Gasteiger charge is 2.56. The minimum atomic E-state index is -1.37. The Labute approximate surface area is 261 Å². The second-order valence-corrected chi connectivity index (χ2v) is 11.7. The minimum absolute atomic E-state index is 0.0417. The predicted molar refractivity (Wildman–Crippen MR) is 152 cm³/mol. The molecule has 15 nitrogen and oxygen atoms in total. The first-order chi connectivity index (χ1) is 21.6. The topological polar surface area (TPSA) is 172 Å². The van der Waals surface area contributed by atoms with Crippen LogP contribution in [0.25, 0.3) is 5.53 Å². The van der Waals surface area contributed by atoms with Crippen molar-refractivity contribution in [3.8, 4) is 0 Å². The maximum absolute atomic E-state index is 13.2. The van der Waals surface area contributed by atoms with Gasteiger partial charge in [-0.05, 0) is 20.8 Å². The summed E-state index contributed by atoms with van der Waals surface area (Å²) in [6.45, 7) is 4.95. The van der Waals surface area contributed by atoms with Gasteiger partial charge in [-0.2, -0.15) is 4.79 Å². The molecule has 0 N–H and O–H groups in total. The second-order valence-electron chi connectivity index (χ2n) is 11.7. The third kappa shape index (κ3) is 8.13. The first kappa shape index (κ1) is 35.0. The zero-order valence-corrected chi connectivity index (χ0v) is 26.4. The van der Waals surface area contributed by atoms with Gasteiger partial charge in [-0.15, -0.1) is 0 Å². The summed E-state index contributed by atoms with van der Waals surface area (Å²) >= 11 is 0. The van der Waals surface area contributed by atoms with Gasteiger partial charge >= 0.3 is 18.2 Å². The number of methoxy groups -OCH3 is 4. The van der Waals surface area contributed by atoms with Crippen LogP contribution in [0, 0.1) is 5.41 Å². The fourth-order valence-corrected chi connectivity index (χ4v) is 5.43. The quantitative estimate of drug-likeness (QED) is 0.148. The average molecular weight is 639 g/mol. The number of fused-ring (bicyclic) bond motifs is 1. The van der Waals surface area contributed by atoms with Crippen LogP contribution in [0.5, 0.6) is 0 Å². The third-order valence-electron chi connectivity index (χ3n) is 7.69. The molecule has 4 rings (SSSR count). The van der Waals surface area contributed by atoms with Crippen LogP contribution >= 0.6 is 0 Å². The summed E-state index contributed by atoms with van der Waals surface area (Å²) in [5, 5.41) is 0. The van der Waals surface area contributed by atoms with Gasteiger partial charge in [-0.3, -0.25) is 4.79 Å². The van der Waals surface area contributed by atoms with Crippen molar-refractivity contribution in [2.45, 2.75) is 88.5 Å². The molecule has 0 spiro atoms. The summed E-state index contributed by atoms with van der Waals surface area (Å²) in [6.07, 6.45) is -9.31. The fourth-order valence-electron chi connectivity index (χ4n) is 5.43. The van der Waals surface area contributed by atoms with Crippen LogP contribution in [0.2, 0.25) is 0 Å². The molecule has 0 saturated carbocycles. The van der Waals surface area contributed by atoms with Crippen molar-refractivity contribution in [3.63, 3.8) is 0 Å². The molecule has 45 heavy (non-hydrogen) atoms. The molecule has 0 radical (unpaired) electrons. The van der Waals surface area contributed by atoms with Crippen LogP contribution in [0.15, 0.2) is 30.3 Å². The lowest BCUT2D eigenvalue weighted by atomic mass is 9.94. The van der Waals surface area contributed by atoms with E-state index in [0.29, 0.717) is 6.21 Å². The summed E-state index contributed by atoms with van der Waals surface area (Å²) in [6, 6.07) is 9.19. The first-order valence-corrected chi connectivity index (χ1v) is 14.5. The van der Waals surface area contributed by atoms with Crippen molar-refractivity contribution in [2.24, 2.45) is 5.41 Å². The van der Waals surface area contributed by atoms with E-state index in [4.69, 9.17) is 57.6 Å². The fraction of sp³-hybridized carbons (Fsp3) is 0.700. The van der Waals surface area contributed by atoms with E-state index in [9.17, 15) is 9.59 Å². The van der Waals surface area contributed by atoms with Crippen molar-refractivity contribution in [2.75, 3.05) is 41.7 Å². The van der Waals surface area contributed by atoms with E-state index in [-0.39, 0.29) is 13.2 Å². The summed E-state index contributed by atoms with van der Waals surface area (Å²) in [7, 11) is 5.99. The first-order valence-electron chi connectivity index (χ1n) is 14.5. The maximum atomic E-state index is 13.2. The number of rotatable bonds is 11. The molecule has 3 aliphatic heterocycles. The highest BCUT2D eigenvalue weighted by atomic mass is 16.8. The molecule has 0 bridgehead atoms. The van der Waals surface area contributed by atoms with Gasteiger partial charge < -0.3 is 57.6 Å². The molecule has 0 aromatic heterocycles. The van der Waals surface area contributed by atoms with E-state index in [1.54, 1.807) is 20.8 Å². The smallest absolute Gasteiger partial charge is 0.414 e. The number of carbonyl (C=O) groups excluding carboxylic acids is 2. The van der Waals surface area contributed by atoms with Gasteiger partial charge in [-0.25, -0.2) is 4.79 Å². The summed E-state index contributed by atoms with van der Waals surface area (Å²) in [5.74, 6) is -1.62. The van der Waals surface area contributed by atoms with E-state index >= 15 is 0 Å². The van der Waals surface area contributed by atoms with E-state index in [0.717, 1.165) is 5.56 Å². The maximum Gasteiger partial charge on any atom is 0.414 e. The number of hydrogen-bond donors (Lipinski definition) is 0. The SMILES string of the molecule is COC1C(OC)[C@H](OC)C(CO[C@H]2OC3COC(c4ccccc4)O[C@H]3C(OC(=O)C(C)(C)C)C2OC(=O)C=[N+]=[N-])O[C@@H]1OC. The Morgan fingerprint density at radius 1 is 0.867 bits per heavy atom. The Morgan fingerprint density at radius 3 is 2.16 bits per heavy atom. The van der Waals surface area contributed by atoms with Crippen molar-refractivity contribution < 1.29 is 66.5 Å². The van der Waals surface area contributed by atoms with E-state index in [1.165, 1.54) is 28.4 Å². The van der Waals surface area contributed by atoms with Crippen LogP contribution in [-0.2, 0) is 61.7 Å². The van der Waals surface area contributed by atoms with Gasteiger partial charge in [0.05, 0.1) is 18.6 Å². The highest BCUT2D eigenvalue weighted by molar-refractivity contribution is 6.20. The molecule has 1 aromatic carbocycles. The second kappa shape index (κ2) is 15.6. The molecule has 250 valence electrons. The van der Waals surface area contributed by atoms with Gasteiger partial charge in [0.15, 0.2) is 31.1 Å². The lowest BCUT2D eigenvalue weighted by molar-refractivity contribution is -0.369. The third-order valence-corrected chi connectivity index (χ3v) is 7.69. The molecule has 3 saturated heterocycles. The molecule has 3 fully saturated rings. The zero-order valence-electron chi connectivity index (χ0n) is 26.4. The van der Waals surface area contributed by atoms with Crippen molar-refractivity contribution in [1.82, 2.24) is 0 Å². The molecule has 0 aliphatic carbocycles. The van der Waals surface area contributed by atoms with E-state index in [1.807, 2.05) is 30.3 Å². The molecule has 0 amide bonds. The molecule has 1 aromatic rings. The highest BCUT2D eigenvalue weighted by Crippen LogP contribution is 2.38. The summed E-state index contributed by atoms with van der Waals surface area (Å²) in [4.78, 5) is 28.6. The number of esters is 2. The standard InChI is InChI=1S/C30H42N2O13/c1-30(2,3)29(34)45-23-21-18(15-39-26(44-21)16-11-9-8-10-12-16)42-28(25(23)43-19(33)13-32-31)40-14-17-20(35-4)22(36-5)24(37-6)27(38-7)41-17/h8-13,17-18,20-28H,14-15H2,1-7H3/t17?,18?,20-,21-,22?,23?,24?,25?,26?,27+,28+/m1/s1. The number of hydrogen-bond acceptors (Lipinski definition) is 13. The summed E-state index contributed by atoms with van der Waals surface area (Å²) in [5.41, 5.74) is 8.79. The van der Waals surface area contributed by atoms with Crippen molar-refractivity contribution in [1.29, 1.82) is 0 Å². The van der Waals surface area contributed by atoms with Crippen LogP contribution in [-0.4, -0.2) is 126 Å². The molecule has 3 heterocycles. The number of ether oxygens (including phenoxy) is 11. The van der Waals surface area contributed by atoms with Gasteiger partial charge in [0.25, 0.3) is 0 Å². The number of benzene rings is 1. The van der Waals surface area contributed by atoms with E-state index < -0.39 is 85.1 Å². The molecular weight excluding hydrogens is 596 g/mol. The van der Waals surface area contributed by atoms with Crippen LogP contribution in [0.3, 0.4) is 0 Å². The lowest BCUT2D eigenvalue weighted by Gasteiger charge is -2.49. The summed E-state index contributed by atoms with van der Waals surface area (Å²) < 4.78 is 64.8. The predicted octanol–water partition coefficient (Wildman–Crippen LogP) is 1.43. The number of nitrogens with zero attached hydrogens (tertiary/aromatic N) is 2. The Kier molecular flexibility index (Phi) is 12.2. The Hall–Kier alpha value is -2.82. The Balaban J connectivity index is 1.64. The van der Waals surface area contributed by atoms with Gasteiger partial charge in [0.1, 0.15) is 36.6 Å². The largest absolute Gasteiger partial charge is 0.455 e. The average Bonchev–Trinajstić information content (AvgIpc) is 3.03. The molecular formula is C30H42N2O13. The van der Waals surface area contributed by atoms with Crippen molar-refractivity contribution >= 4 is 18.2 Å². The van der Waals surface area contributed by atoms with Crippen molar-refractivity contribution in [3.05, 3.63) is 41.4 Å². The van der Waals surface area contributed by atoms with Crippen LogP contribution in [0.1, 0.15) is 32.6 Å². The molecule has 3 aliphatic rings. The molecule has 7 unspecified atom stereocenters. The monoisotopic (exact) mass is 638 g/mol.